The fraction of sp³-hybridized carbons (Fsp3) is 0.500. The van der Waals surface area contributed by atoms with Crippen LogP contribution in [-0.2, 0) is 4.79 Å². The summed E-state index contributed by atoms with van der Waals surface area (Å²) < 4.78 is 0. The number of carbonyl (C=O) groups is 1. The summed E-state index contributed by atoms with van der Waals surface area (Å²) in [6.45, 7) is 0.806. The molecule has 0 spiro atoms. The monoisotopic (exact) mass is 422 g/mol. The van der Waals surface area contributed by atoms with E-state index in [4.69, 9.17) is 0 Å². The predicted octanol–water partition coefficient (Wildman–Crippen LogP) is 4.74. The quantitative estimate of drug-likeness (QED) is 0.746. The zero-order valence-electron chi connectivity index (χ0n) is 17.3. The lowest BCUT2D eigenvalue weighted by Gasteiger charge is -2.45. The van der Waals surface area contributed by atoms with Gasteiger partial charge in [-0.25, -0.2) is 0 Å². The third-order valence-electron chi connectivity index (χ3n) is 8.03. The summed E-state index contributed by atoms with van der Waals surface area (Å²) in [4.78, 5) is 12.8. The van der Waals surface area contributed by atoms with Crippen LogP contribution in [0.25, 0.3) is 0 Å². The van der Waals surface area contributed by atoms with Gasteiger partial charge in [0.2, 0.25) is 5.91 Å². The number of amides is 1. The number of nitrogens with one attached hydrogen (secondary N) is 2. The Morgan fingerprint density at radius 3 is 2.03 bits per heavy atom. The lowest BCUT2D eigenvalue weighted by atomic mass is 9.59. The molecule has 4 bridgehead atoms. The first-order valence-corrected chi connectivity index (χ1v) is 11.5. The molecule has 5 aliphatic rings. The Morgan fingerprint density at radius 1 is 0.867 bits per heavy atom. The molecule has 158 valence electrons. The van der Waals surface area contributed by atoms with Gasteiger partial charge in [0, 0.05) is 36.9 Å². The first-order chi connectivity index (χ1) is 14.3. The van der Waals surface area contributed by atoms with Crippen molar-refractivity contribution in [1.82, 2.24) is 10.6 Å². The molecule has 7 rings (SSSR count). The summed E-state index contributed by atoms with van der Waals surface area (Å²) in [5.74, 6) is 2.23. The van der Waals surface area contributed by atoms with Gasteiger partial charge in [-0.3, -0.25) is 4.79 Å². The van der Waals surface area contributed by atoms with Gasteiger partial charge in [-0.05, 0) is 66.2 Å². The van der Waals surface area contributed by atoms with Crippen LogP contribution in [0.1, 0.15) is 72.6 Å². The second-order valence-electron chi connectivity index (χ2n) is 9.77. The Labute approximate surface area is 185 Å². The van der Waals surface area contributed by atoms with E-state index in [-0.39, 0.29) is 18.3 Å². The first-order valence-electron chi connectivity index (χ1n) is 11.5. The Morgan fingerprint density at radius 2 is 1.43 bits per heavy atom. The van der Waals surface area contributed by atoms with Gasteiger partial charge >= 0.3 is 0 Å². The van der Waals surface area contributed by atoms with Crippen LogP contribution in [0.3, 0.4) is 0 Å². The molecular weight excluding hydrogens is 392 g/mol. The van der Waals surface area contributed by atoms with E-state index >= 15 is 0 Å². The second kappa shape index (κ2) is 8.01. The number of benzene rings is 2. The van der Waals surface area contributed by atoms with Gasteiger partial charge in [0.1, 0.15) is 0 Å². The molecule has 2 N–H and O–H groups in total. The van der Waals surface area contributed by atoms with E-state index in [0.29, 0.717) is 42.2 Å². The summed E-state index contributed by atoms with van der Waals surface area (Å²) in [5, 5.41) is 7.02. The van der Waals surface area contributed by atoms with Crippen molar-refractivity contribution in [1.29, 1.82) is 0 Å². The van der Waals surface area contributed by atoms with Gasteiger partial charge in [0.25, 0.3) is 0 Å². The Balaban J connectivity index is 0.00000193. The topological polar surface area (TPSA) is 41.1 Å². The van der Waals surface area contributed by atoms with Crippen LogP contribution in [0.5, 0.6) is 0 Å². The zero-order chi connectivity index (χ0) is 19.4. The van der Waals surface area contributed by atoms with Crippen LogP contribution < -0.4 is 10.6 Å². The van der Waals surface area contributed by atoms with Gasteiger partial charge in [0.05, 0.1) is 0 Å². The summed E-state index contributed by atoms with van der Waals surface area (Å²) in [7, 11) is 0. The molecule has 3 unspecified atom stereocenters. The summed E-state index contributed by atoms with van der Waals surface area (Å²) >= 11 is 0. The molecule has 0 saturated carbocycles. The number of piperidine rings is 1. The number of fused-ring (bicyclic) bond motifs is 3. The lowest BCUT2D eigenvalue weighted by Crippen LogP contribution is -2.42. The SMILES string of the molecule is Cl.O=C(CC1CC2CCC(C1)N2)NCC1CC2c3ccccc3C1c1ccccc12. The third kappa shape index (κ3) is 3.36. The van der Waals surface area contributed by atoms with Crippen molar-refractivity contribution < 1.29 is 4.79 Å². The lowest BCUT2D eigenvalue weighted by molar-refractivity contribution is -0.122. The Hall–Kier alpha value is -1.84. The minimum Gasteiger partial charge on any atom is -0.356 e. The molecule has 4 heteroatoms. The number of carbonyl (C=O) groups excluding carboxylic acids is 1. The number of rotatable bonds is 4. The van der Waals surface area contributed by atoms with Crippen LogP contribution in [0.4, 0.5) is 0 Å². The summed E-state index contributed by atoms with van der Waals surface area (Å²) in [5.41, 5.74) is 5.97. The van der Waals surface area contributed by atoms with Crippen LogP contribution in [0, 0.1) is 11.8 Å². The zero-order valence-corrected chi connectivity index (χ0v) is 18.2. The molecular formula is C26H31ClN2O. The minimum atomic E-state index is 0. The van der Waals surface area contributed by atoms with Gasteiger partial charge < -0.3 is 10.6 Å². The number of hydrogen-bond donors (Lipinski definition) is 2. The predicted molar refractivity (Wildman–Crippen MR) is 122 cm³/mol. The summed E-state index contributed by atoms with van der Waals surface area (Å²) in [6, 6.07) is 19.2. The molecule has 2 aromatic rings. The highest BCUT2D eigenvalue weighted by Gasteiger charge is 2.43. The molecule has 2 aliphatic heterocycles. The van der Waals surface area contributed by atoms with Crippen molar-refractivity contribution in [3.8, 4) is 0 Å². The van der Waals surface area contributed by atoms with Crippen molar-refractivity contribution in [3.63, 3.8) is 0 Å². The summed E-state index contributed by atoms with van der Waals surface area (Å²) in [6.07, 6.45) is 6.82. The van der Waals surface area contributed by atoms with E-state index in [9.17, 15) is 4.79 Å². The average molecular weight is 423 g/mol. The first kappa shape index (κ1) is 20.1. The van der Waals surface area contributed by atoms with E-state index in [1.807, 2.05) is 0 Å². The van der Waals surface area contributed by atoms with Crippen molar-refractivity contribution in [2.45, 2.75) is 62.4 Å². The maximum atomic E-state index is 12.8. The molecule has 2 heterocycles. The molecule has 1 amide bonds. The fourth-order valence-electron chi connectivity index (χ4n) is 6.88. The minimum absolute atomic E-state index is 0. The molecule has 2 fully saturated rings. The smallest absolute Gasteiger partial charge is 0.220 e. The van der Waals surface area contributed by atoms with E-state index in [0.717, 1.165) is 13.0 Å². The Kier molecular flexibility index (Phi) is 5.37. The second-order valence-corrected chi connectivity index (χ2v) is 9.77. The molecule has 0 radical (unpaired) electrons. The standard InChI is InChI=1S/C26H30N2O.ClH/c29-25(13-16-11-18-9-10-19(12-16)28-18)27-15-17-14-24-20-5-1-3-7-22(20)26(17)23-8-4-2-6-21(23)24;/h1-8,16-19,24,26,28H,9-15H2,(H,27,29);1H. The van der Waals surface area contributed by atoms with Gasteiger partial charge in [-0.15, -0.1) is 12.4 Å². The normalized spacial score (nSPS) is 32.7. The van der Waals surface area contributed by atoms with Crippen LogP contribution in [0.2, 0.25) is 0 Å². The van der Waals surface area contributed by atoms with E-state index in [1.54, 1.807) is 0 Å². The van der Waals surface area contributed by atoms with Gasteiger partial charge in [-0.2, -0.15) is 0 Å². The highest BCUT2D eigenvalue weighted by Crippen LogP contribution is 2.55. The van der Waals surface area contributed by atoms with Crippen molar-refractivity contribution in [3.05, 3.63) is 70.8 Å². The van der Waals surface area contributed by atoms with E-state index in [2.05, 4.69) is 59.2 Å². The highest BCUT2D eigenvalue weighted by molar-refractivity contribution is 5.85. The molecule has 3 aliphatic carbocycles. The van der Waals surface area contributed by atoms with Crippen molar-refractivity contribution in [2.24, 2.45) is 11.8 Å². The van der Waals surface area contributed by atoms with Gasteiger partial charge in [-0.1, -0.05) is 48.5 Å². The maximum absolute atomic E-state index is 12.8. The molecule has 3 atom stereocenters. The number of hydrogen-bond acceptors (Lipinski definition) is 2. The van der Waals surface area contributed by atoms with Gasteiger partial charge in [0.15, 0.2) is 0 Å². The van der Waals surface area contributed by atoms with Crippen LogP contribution in [0.15, 0.2) is 48.5 Å². The molecule has 2 aromatic carbocycles. The maximum Gasteiger partial charge on any atom is 0.220 e. The van der Waals surface area contributed by atoms with Crippen molar-refractivity contribution >= 4 is 18.3 Å². The molecule has 2 saturated heterocycles. The van der Waals surface area contributed by atoms with E-state index < -0.39 is 0 Å². The largest absolute Gasteiger partial charge is 0.356 e. The van der Waals surface area contributed by atoms with Crippen molar-refractivity contribution in [2.75, 3.05) is 6.54 Å². The molecule has 0 aromatic heterocycles. The number of halogens is 1. The Bertz CT molecular complexity index is 885. The van der Waals surface area contributed by atoms with E-state index in [1.165, 1.54) is 47.9 Å². The third-order valence-corrected chi connectivity index (χ3v) is 8.03. The molecule has 3 nitrogen and oxygen atoms in total. The fourth-order valence-corrected chi connectivity index (χ4v) is 6.88. The highest BCUT2D eigenvalue weighted by atomic mass is 35.5. The average Bonchev–Trinajstić information content (AvgIpc) is 3.10. The van der Waals surface area contributed by atoms with Crippen LogP contribution >= 0.6 is 12.4 Å². The van der Waals surface area contributed by atoms with Crippen LogP contribution in [-0.4, -0.2) is 24.5 Å². The molecule has 30 heavy (non-hydrogen) atoms.